The van der Waals surface area contributed by atoms with Gasteiger partial charge in [-0.3, -0.25) is 5.43 Å². The van der Waals surface area contributed by atoms with Crippen LogP contribution in [-0.4, -0.2) is 13.3 Å². The van der Waals surface area contributed by atoms with Crippen molar-refractivity contribution in [3.8, 4) is 5.75 Å². The number of benzene rings is 3. The maximum atomic E-state index is 5.51. The average molecular weight is 362 g/mol. The first-order valence-corrected chi connectivity index (χ1v) is 9.43. The molecule has 0 radical (unpaired) electrons. The fraction of sp³-hybridized carbons (Fsp3) is 0.136. The average Bonchev–Trinajstić information content (AvgIpc) is 2.68. The Labute approximate surface area is 159 Å². The van der Waals surface area contributed by atoms with Crippen LogP contribution in [0.5, 0.6) is 5.75 Å². The van der Waals surface area contributed by atoms with Gasteiger partial charge >= 0.3 is 0 Å². The Kier molecular flexibility index (Phi) is 6.34. The highest BCUT2D eigenvalue weighted by Crippen LogP contribution is 2.28. The van der Waals surface area contributed by atoms with Gasteiger partial charge in [-0.05, 0) is 55.0 Å². The Bertz CT molecular complexity index is 861. The van der Waals surface area contributed by atoms with Gasteiger partial charge in [0.25, 0.3) is 0 Å². The van der Waals surface area contributed by atoms with Crippen LogP contribution >= 0.6 is 11.8 Å². The first kappa shape index (κ1) is 18.1. The minimum atomic E-state index is 0.847. The molecule has 1 N–H and O–H groups in total. The van der Waals surface area contributed by atoms with Crippen LogP contribution in [0.2, 0.25) is 0 Å². The SMILES string of the molecule is COc1ccc(C=NNc2ccccc2)cc1CSc1ccc(C)cc1. The summed E-state index contributed by atoms with van der Waals surface area (Å²) < 4.78 is 5.51. The summed E-state index contributed by atoms with van der Waals surface area (Å²) in [4.78, 5) is 1.25. The Balaban J connectivity index is 1.68. The molecule has 0 saturated carbocycles. The van der Waals surface area contributed by atoms with Crippen LogP contribution in [0.3, 0.4) is 0 Å². The number of aryl methyl sites for hydroxylation is 1. The summed E-state index contributed by atoms with van der Waals surface area (Å²) in [7, 11) is 1.71. The number of ether oxygens (including phenoxy) is 1. The minimum Gasteiger partial charge on any atom is -0.496 e. The van der Waals surface area contributed by atoms with Crippen molar-refractivity contribution < 1.29 is 4.74 Å². The Morgan fingerprint density at radius 2 is 1.77 bits per heavy atom. The topological polar surface area (TPSA) is 33.6 Å². The molecule has 3 rings (SSSR count). The molecule has 4 heteroatoms. The van der Waals surface area contributed by atoms with E-state index < -0.39 is 0 Å². The second-order valence-corrected chi connectivity index (χ2v) is 6.96. The molecule has 0 amide bonds. The highest BCUT2D eigenvalue weighted by Gasteiger charge is 2.05. The van der Waals surface area contributed by atoms with Crippen LogP contribution in [0.1, 0.15) is 16.7 Å². The number of hydrogen-bond donors (Lipinski definition) is 1. The van der Waals surface area contributed by atoms with Gasteiger partial charge in [0, 0.05) is 16.2 Å². The molecule has 0 fully saturated rings. The molecule has 0 atom stereocenters. The molecule has 0 heterocycles. The number of nitrogens with one attached hydrogen (secondary N) is 1. The number of thioether (sulfide) groups is 1. The highest BCUT2D eigenvalue weighted by atomic mass is 32.2. The predicted molar refractivity (Wildman–Crippen MR) is 111 cm³/mol. The van der Waals surface area contributed by atoms with Crippen LogP contribution in [0, 0.1) is 6.92 Å². The van der Waals surface area contributed by atoms with E-state index >= 15 is 0 Å². The van der Waals surface area contributed by atoms with Crippen molar-refractivity contribution in [2.24, 2.45) is 5.10 Å². The zero-order valence-corrected chi connectivity index (χ0v) is 15.8. The van der Waals surface area contributed by atoms with Gasteiger partial charge in [0.2, 0.25) is 0 Å². The second-order valence-electron chi connectivity index (χ2n) is 5.91. The van der Waals surface area contributed by atoms with Gasteiger partial charge in [0.15, 0.2) is 0 Å². The summed E-state index contributed by atoms with van der Waals surface area (Å²) in [5, 5.41) is 4.31. The number of methoxy groups -OCH3 is 1. The van der Waals surface area contributed by atoms with Crippen molar-refractivity contribution in [1.29, 1.82) is 0 Å². The lowest BCUT2D eigenvalue weighted by Crippen LogP contribution is -1.94. The van der Waals surface area contributed by atoms with Crippen molar-refractivity contribution in [3.63, 3.8) is 0 Å². The third kappa shape index (κ3) is 5.14. The zero-order chi connectivity index (χ0) is 18.2. The van der Waals surface area contributed by atoms with Gasteiger partial charge in [0.05, 0.1) is 19.0 Å². The van der Waals surface area contributed by atoms with Crippen LogP contribution in [0.15, 0.2) is 82.8 Å². The number of rotatable bonds is 7. The third-order valence-corrected chi connectivity index (χ3v) is 4.96. The molecule has 0 aliphatic carbocycles. The summed E-state index contributed by atoms with van der Waals surface area (Å²) in [6.07, 6.45) is 1.83. The molecule has 132 valence electrons. The molecule has 0 saturated heterocycles. The van der Waals surface area contributed by atoms with Crippen LogP contribution in [-0.2, 0) is 5.75 Å². The molecular formula is C22H22N2OS. The highest BCUT2D eigenvalue weighted by molar-refractivity contribution is 7.98. The first-order chi connectivity index (χ1) is 12.7. The molecule has 0 unspecified atom stereocenters. The largest absolute Gasteiger partial charge is 0.496 e. The Hall–Kier alpha value is -2.72. The van der Waals surface area contributed by atoms with Crippen molar-refractivity contribution in [3.05, 3.63) is 89.5 Å². The summed E-state index contributed by atoms with van der Waals surface area (Å²) in [5.41, 5.74) is 7.47. The summed E-state index contributed by atoms with van der Waals surface area (Å²) in [5.74, 6) is 1.75. The maximum absolute atomic E-state index is 5.51. The fourth-order valence-electron chi connectivity index (χ4n) is 2.48. The monoisotopic (exact) mass is 362 g/mol. The van der Waals surface area contributed by atoms with E-state index in [-0.39, 0.29) is 0 Å². The van der Waals surface area contributed by atoms with Crippen molar-refractivity contribution in [2.45, 2.75) is 17.6 Å². The number of nitrogens with zero attached hydrogens (tertiary/aromatic N) is 1. The van der Waals surface area contributed by atoms with Gasteiger partial charge in [-0.15, -0.1) is 11.8 Å². The predicted octanol–water partition coefficient (Wildman–Crippen LogP) is 5.74. The molecule has 0 aliphatic rings. The molecular weight excluding hydrogens is 340 g/mol. The normalized spacial score (nSPS) is 10.8. The van der Waals surface area contributed by atoms with E-state index in [9.17, 15) is 0 Å². The summed E-state index contributed by atoms with van der Waals surface area (Å²) in [6.45, 7) is 2.10. The maximum Gasteiger partial charge on any atom is 0.122 e. The third-order valence-electron chi connectivity index (χ3n) is 3.90. The van der Waals surface area contributed by atoms with E-state index in [4.69, 9.17) is 4.74 Å². The molecule has 0 aromatic heterocycles. The van der Waals surface area contributed by atoms with Crippen LogP contribution in [0.25, 0.3) is 0 Å². The van der Waals surface area contributed by atoms with E-state index in [2.05, 4.69) is 47.8 Å². The van der Waals surface area contributed by atoms with Crippen molar-refractivity contribution in [2.75, 3.05) is 12.5 Å². The van der Waals surface area contributed by atoms with Gasteiger partial charge in [-0.2, -0.15) is 5.10 Å². The first-order valence-electron chi connectivity index (χ1n) is 8.45. The summed E-state index contributed by atoms with van der Waals surface area (Å²) >= 11 is 1.80. The molecule has 26 heavy (non-hydrogen) atoms. The molecule has 0 aliphatic heterocycles. The van der Waals surface area contributed by atoms with Gasteiger partial charge in [-0.25, -0.2) is 0 Å². The standard InChI is InChI=1S/C22H22N2OS/c1-17-8-11-21(12-9-17)26-16-19-14-18(10-13-22(19)25-2)15-23-24-20-6-4-3-5-7-20/h3-15,24H,16H2,1-2H3. The quantitative estimate of drug-likeness (QED) is 0.330. The number of anilines is 1. The Morgan fingerprint density at radius 1 is 1.00 bits per heavy atom. The van der Waals surface area contributed by atoms with E-state index in [1.54, 1.807) is 18.9 Å². The lowest BCUT2D eigenvalue weighted by Gasteiger charge is -2.09. The molecule has 3 aromatic carbocycles. The van der Waals surface area contributed by atoms with Crippen molar-refractivity contribution >= 4 is 23.7 Å². The van der Waals surface area contributed by atoms with Crippen LogP contribution < -0.4 is 10.2 Å². The number of para-hydroxylation sites is 1. The molecule has 3 nitrogen and oxygen atoms in total. The number of hydrogen-bond acceptors (Lipinski definition) is 4. The molecule has 0 spiro atoms. The van der Waals surface area contributed by atoms with Gasteiger partial charge in [0.1, 0.15) is 5.75 Å². The number of hydrazone groups is 1. The minimum absolute atomic E-state index is 0.847. The lowest BCUT2D eigenvalue weighted by molar-refractivity contribution is 0.411. The lowest BCUT2D eigenvalue weighted by atomic mass is 10.1. The summed E-state index contributed by atoms with van der Waals surface area (Å²) in [6, 6.07) is 24.6. The van der Waals surface area contributed by atoms with E-state index in [0.717, 1.165) is 28.3 Å². The Morgan fingerprint density at radius 3 is 2.50 bits per heavy atom. The zero-order valence-electron chi connectivity index (χ0n) is 15.0. The van der Waals surface area contributed by atoms with Crippen LogP contribution in [0.4, 0.5) is 5.69 Å². The smallest absolute Gasteiger partial charge is 0.122 e. The van der Waals surface area contributed by atoms with E-state index in [1.807, 2.05) is 48.7 Å². The second kappa shape index (κ2) is 9.11. The van der Waals surface area contributed by atoms with Crippen molar-refractivity contribution in [1.82, 2.24) is 0 Å². The fourth-order valence-corrected chi connectivity index (χ4v) is 3.36. The van der Waals surface area contributed by atoms with E-state index in [0.29, 0.717) is 0 Å². The molecule has 0 bridgehead atoms. The molecule has 3 aromatic rings. The van der Waals surface area contributed by atoms with Gasteiger partial charge < -0.3 is 4.74 Å². The van der Waals surface area contributed by atoms with E-state index in [1.165, 1.54) is 10.5 Å². The van der Waals surface area contributed by atoms with Gasteiger partial charge in [-0.1, -0.05) is 35.9 Å².